The highest BCUT2D eigenvalue weighted by molar-refractivity contribution is 6.42. The maximum absolute atomic E-state index is 13.2. The first-order chi connectivity index (χ1) is 15.6. The molecule has 1 atom stereocenters. The number of piperidine rings is 1. The Morgan fingerprint density at radius 2 is 1.72 bits per heavy atom. The van der Waals surface area contributed by atoms with Gasteiger partial charge in [0.2, 0.25) is 5.91 Å². The Hall–Kier alpha value is -1.85. The topological polar surface area (TPSA) is 26.8 Å². The highest BCUT2D eigenvalue weighted by atomic mass is 35.5. The summed E-state index contributed by atoms with van der Waals surface area (Å²) in [6, 6.07) is 16.2. The number of amides is 1. The fourth-order valence-electron chi connectivity index (χ4n) is 4.61. The van der Waals surface area contributed by atoms with Crippen molar-refractivity contribution < 1.29 is 4.79 Å². The van der Waals surface area contributed by atoms with Crippen LogP contribution in [-0.4, -0.2) is 66.4 Å². The lowest BCUT2D eigenvalue weighted by Crippen LogP contribution is -2.52. The minimum atomic E-state index is 0.0936. The molecule has 2 saturated heterocycles. The molecule has 1 unspecified atom stereocenters. The van der Waals surface area contributed by atoms with Gasteiger partial charge in [0, 0.05) is 45.8 Å². The Morgan fingerprint density at radius 3 is 2.47 bits per heavy atom. The highest BCUT2D eigenvalue weighted by Crippen LogP contribution is 2.25. The largest absolute Gasteiger partial charge is 0.340 e. The SMILES string of the molecule is O=C(C1CCCN(Cc2ccc(Cl)c(Cl)c2)C1)N1CCN(C/C=C/c2ccccc2)CC1. The molecule has 2 aromatic carbocycles. The van der Waals surface area contributed by atoms with Crippen LogP contribution in [0.15, 0.2) is 54.6 Å². The fraction of sp³-hybridized carbons (Fsp3) is 0.423. The Balaban J connectivity index is 1.23. The summed E-state index contributed by atoms with van der Waals surface area (Å²) in [5.41, 5.74) is 2.37. The van der Waals surface area contributed by atoms with Crippen molar-refractivity contribution in [1.82, 2.24) is 14.7 Å². The van der Waals surface area contributed by atoms with Crippen molar-refractivity contribution in [2.75, 3.05) is 45.8 Å². The molecule has 0 N–H and O–H groups in total. The number of benzene rings is 2. The first kappa shape index (κ1) is 23.3. The van der Waals surface area contributed by atoms with Crippen molar-refractivity contribution >= 4 is 35.2 Å². The molecule has 0 bridgehead atoms. The third-order valence-corrected chi connectivity index (χ3v) is 7.14. The van der Waals surface area contributed by atoms with Gasteiger partial charge >= 0.3 is 0 Å². The van der Waals surface area contributed by atoms with E-state index < -0.39 is 0 Å². The molecule has 6 heteroatoms. The molecule has 2 fully saturated rings. The van der Waals surface area contributed by atoms with E-state index in [0.29, 0.717) is 16.0 Å². The summed E-state index contributed by atoms with van der Waals surface area (Å²) < 4.78 is 0. The molecule has 2 aliphatic heterocycles. The molecule has 0 aromatic heterocycles. The Kier molecular flexibility index (Phi) is 8.26. The van der Waals surface area contributed by atoms with Gasteiger partial charge in [0.05, 0.1) is 16.0 Å². The van der Waals surface area contributed by atoms with Gasteiger partial charge in [0.25, 0.3) is 0 Å². The van der Waals surface area contributed by atoms with Gasteiger partial charge in [-0.2, -0.15) is 0 Å². The lowest BCUT2D eigenvalue weighted by Gasteiger charge is -2.38. The van der Waals surface area contributed by atoms with Gasteiger partial charge in [0.1, 0.15) is 0 Å². The highest BCUT2D eigenvalue weighted by Gasteiger charge is 2.30. The Bertz CT molecular complexity index is 926. The van der Waals surface area contributed by atoms with Gasteiger partial charge in [-0.25, -0.2) is 0 Å². The smallest absolute Gasteiger partial charge is 0.227 e. The summed E-state index contributed by atoms with van der Waals surface area (Å²) in [5.74, 6) is 0.416. The molecule has 2 aromatic rings. The number of rotatable bonds is 6. The zero-order chi connectivity index (χ0) is 22.3. The van der Waals surface area contributed by atoms with E-state index in [9.17, 15) is 4.79 Å². The van der Waals surface area contributed by atoms with Crippen molar-refractivity contribution in [3.63, 3.8) is 0 Å². The van der Waals surface area contributed by atoms with Crippen LogP contribution in [0.1, 0.15) is 24.0 Å². The minimum absolute atomic E-state index is 0.0936. The number of halogens is 2. The van der Waals surface area contributed by atoms with Crippen LogP contribution in [0.5, 0.6) is 0 Å². The number of carbonyl (C=O) groups excluding carboxylic acids is 1. The van der Waals surface area contributed by atoms with Crippen LogP contribution >= 0.6 is 23.2 Å². The van der Waals surface area contributed by atoms with Crippen molar-refractivity contribution in [2.24, 2.45) is 5.92 Å². The van der Waals surface area contributed by atoms with Crippen molar-refractivity contribution in [1.29, 1.82) is 0 Å². The Morgan fingerprint density at radius 1 is 0.938 bits per heavy atom. The third kappa shape index (κ3) is 6.35. The summed E-state index contributed by atoms with van der Waals surface area (Å²) >= 11 is 12.2. The average Bonchev–Trinajstić information content (AvgIpc) is 2.82. The molecule has 0 saturated carbocycles. The van der Waals surface area contributed by atoms with E-state index in [1.54, 1.807) is 0 Å². The second-order valence-electron chi connectivity index (χ2n) is 8.76. The zero-order valence-electron chi connectivity index (χ0n) is 18.4. The van der Waals surface area contributed by atoms with E-state index in [-0.39, 0.29) is 5.92 Å². The van der Waals surface area contributed by atoms with Crippen molar-refractivity contribution in [3.8, 4) is 0 Å². The van der Waals surface area contributed by atoms with E-state index in [1.165, 1.54) is 5.56 Å². The van der Waals surface area contributed by atoms with Crippen molar-refractivity contribution in [3.05, 3.63) is 75.8 Å². The first-order valence-corrected chi connectivity index (χ1v) is 12.2. The molecule has 32 heavy (non-hydrogen) atoms. The molecule has 1 amide bonds. The fourth-order valence-corrected chi connectivity index (χ4v) is 4.93. The second-order valence-corrected chi connectivity index (χ2v) is 9.58. The molecular formula is C26H31Cl2N3O. The molecular weight excluding hydrogens is 441 g/mol. The third-order valence-electron chi connectivity index (χ3n) is 6.40. The quantitative estimate of drug-likeness (QED) is 0.588. The van der Waals surface area contributed by atoms with Crippen LogP contribution in [0.2, 0.25) is 10.0 Å². The number of likely N-dealkylation sites (tertiary alicyclic amines) is 1. The second kappa shape index (κ2) is 11.3. The summed E-state index contributed by atoms with van der Waals surface area (Å²) in [6.07, 6.45) is 6.43. The average molecular weight is 472 g/mol. The van der Waals surface area contributed by atoms with Crippen LogP contribution < -0.4 is 0 Å². The van der Waals surface area contributed by atoms with Crippen LogP contribution in [0, 0.1) is 5.92 Å². The van der Waals surface area contributed by atoms with Gasteiger partial charge < -0.3 is 4.90 Å². The molecule has 2 heterocycles. The van der Waals surface area contributed by atoms with Crippen LogP contribution in [0.4, 0.5) is 0 Å². The number of carbonyl (C=O) groups is 1. The molecule has 0 radical (unpaired) electrons. The van der Waals surface area contributed by atoms with E-state index in [0.717, 1.165) is 70.8 Å². The van der Waals surface area contributed by atoms with Gasteiger partial charge in [0.15, 0.2) is 0 Å². The molecule has 170 valence electrons. The van der Waals surface area contributed by atoms with E-state index >= 15 is 0 Å². The van der Waals surface area contributed by atoms with Gasteiger partial charge in [-0.05, 0) is 42.6 Å². The number of piperazine rings is 1. The van der Waals surface area contributed by atoms with E-state index in [4.69, 9.17) is 23.2 Å². The number of hydrogen-bond acceptors (Lipinski definition) is 3. The molecule has 0 spiro atoms. The summed E-state index contributed by atoms with van der Waals surface area (Å²) in [4.78, 5) is 20.0. The molecule has 0 aliphatic carbocycles. The molecule has 4 nitrogen and oxygen atoms in total. The zero-order valence-corrected chi connectivity index (χ0v) is 19.9. The maximum atomic E-state index is 13.2. The monoisotopic (exact) mass is 471 g/mol. The minimum Gasteiger partial charge on any atom is -0.340 e. The first-order valence-electron chi connectivity index (χ1n) is 11.5. The predicted molar refractivity (Wildman–Crippen MR) is 133 cm³/mol. The van der Waals surface area contributed by atoms with E-state index in [2.05, 4.69) is 51.1 Å². The number of nitrogens with zero attached hydrogens (tertiary/aromatic N) is 3. The normalized spacial score (nSPS) is 20.7. The van der Waals surface area contributed by atoms with Gasteiger partial charge in [-0.15, -0.1) is 0 Å². The van der Waals surface area contributed by atoms with Crippen molar-refractivity contribution in [2.45, 2.75) is 19.4 Å². The molecule has 2 aliphatic rings. The van der Waals surface area contributed by atoms with E-state index in [1.807, 2.05) is 24.3 Å². The summed E-state index contributed by atoms with van der Waals surface area (Å²) in [5, 5.41) is 1.17. The summed E-state index contributed by atoms with van der Waals surface area (Å²) in [7, 11) is 0. The molecule has 4 rings (SSSR count). The van der Waals surface area contributed by atoms with Gasteiger partial charge in [-0.3, -0.25) is 14.6 Å². The summed E-state index contributed by atoms with van der Waals surface area (Å²) in [6.45, 7) is 7.09. The van der Waals surface area contributed by atoms with Crippen LogP contribution in [-0.2, 0) is 11.3 Å². The Labute approximate surface area is 201 Å². The predicted octanol–water partition coefficient (Wildman–Crippen LogP) is 5.06. The van der Waals surface area contributed by atoms with Gasteiger partial charge in [-0.1, -0.05) is 71.8 Å². The lowest BCUT2D eigenvalue weighted by atomic mass is 9.95. The maximum Gasteiger partial charge on any atom is 0.227 e. The lowest BCUT2D eigenvalue weighted by molar-refractivity contribution is -0.139. The standard InChI is InChI=1S/C26H31Cl2N3O/c27-24-11-10-22(18-25(24)28)19-30-13-5-9-23(20-30)26(32)31-16-14-29(15-17-31)12-4-8-21-6-2-1-3-7-21/h1-4,6-8,10-11,18,23H,5,9,12-17,19-20H2/b8-4+. The number of hydrogen-bond donors (Lipinski definition) is 0. The van der Waals surface area contributed by atoms with Crippen LogP contribution in [0.25, 0.3) is 6.08 Å². The van der Waals surface area contributed by atoms with Crippen LogP contribution in [0.3, 0.4) is 0 Å².